The first-order valence-corrected chi connectivity index (χ1v) is 8.87. The van der Waals surface area contributed by atoms with Gasteiger partial charge in [-0.2, -0.15) is 0 Å². The molecule has 0 aliphatic heterocycles. The standard InChI is InChI=1S/C18H15N3O4S/c1-3-23-12-4-5-14-11(7-12)8-15(24-14)13-9-26-18(19-13)20-17(22)16-6-10(2)21-25-16/h4-9H,3H2,1-2H3,(H,19,20,22). The molecular formula is C18H15N3O4S. The van der Waals surface area contributed by atoms with Crippen LogP contribution in [-0.2, 0) is 0 Å². The highest BCUT2D eigenvalue weighted by Gasteiger charge is 2.15. The number of rotatable bonds is 5. The third-order valence-electron chi connectivity index (χ3n) is 3.63. The van der Waals surface area contributed by atoms with Crippen LogP contribution in [-0.4, -0.2) is 22.7 Å². The molecule has 1 amide bonds. The molecule has 0 aliphatic carbocycles. The number of fused-ring (bicyclic) bond motifs is 1. The second-order valence-corrected chi connectivity index (χ2v) is 6.43. The first-order valence-electron chi connectivity index (χ1n) is 7.99. The van der Waals surface area contributed by atoms with Crippen molar-refractivity contribution in [2.45, 2.75) is 13.8 Å². The van der Waals surface area contributed by atoms with Gasteiger partial charge in [-0.25, -0.2) is 4.98 Å². The number of nitrogens with zero attached hydrogens (tertiary/aromatic N) is 2. The van der Waals surface area contributed by atoms with Crippen molar-refractivity contribution in [3.8, 4) is 17.2 Å². The molecule has 0 radical (unpaired) electrons. The molecule has 0 saturated carbocycles. The van der Waals surface area contributed by atoms with Crippen molar-refractivity contribution in [2.24, 2.45) is 0 Å². The molecule has 8 heteroatoms. The van der Waals surface area contributed by atoms with Gasteiger partial charge in [0.25, 0.3) is 5.91 Å². The van der Waals surface area contributed by atoms with E-state index in [1.165, 1.54) is 11.3 Å². The van der Waals surface area contributed by atoms with Gasteiger partial charge in [-0.1, -0.05) is 5.16 Å². The fourth-order valence-corrected chi connectivity index (χ4v) is 3.17. The number of anilines is 1. The van der Waals surface area contributed by atoms with Crippen molar-refractivity contribution in [1.82, 2.24) is 10.1 Å². The van der Waals surface area contributed by atoms with Crippen LogP contribution in [0.4, 0.5) is 5.13 Å². The predicted molar refractivity (Wildman–Crippen MR) is 97.7 cm³/mol. The molecule has 0 unspecified atom stereocenters. The molecule has 0 saturated heterocycles. The van der Waals surface area contributed by atoms with Gasteiger partial charge in [0.05, 0.1) is 12.3 Å². The van der Waals surface area contributed by atoms with E-state index in [2.05, 4.69) is 15.5 Å². The monoisotopic (exact) mass is 369 g/mol. The molecule has 0 spiro atoms. The van der Waals surface area contributed by atoms with E-state index in [4.69, 9.17) is 13.7 Å². The summed E-state index contributed by atoms with van der Waals surface area (Å²) >= 11 is 1.31. The fraction of sp³-hybridized carbons (Fsp3) is 0.167. The molecule has 3 aromatic heterocycles. The number of ether oxygens (including phenoxy) is 1. The van der Waals surface area contributed by atoms with E-state index < -0.39 is 5.91 Å². The van der Waals surface area contributed by atoms with Crippen LogP contribution in [0.1, 0.15) is 23.2 Å². The van der Waals surface area contributed by atoms with E-state index in [1.807, 2.05) is 36.6 Å². The van der Waals surface area contributed by atoms with Crippen LogP contribution in [0.5, 0.6) is 5.75 Å². The highest BCUT2D eigenvalue weighted by atomic mass is 32.1. The fourth-order valence-electron chi connectivity index (χ4n) is 2.48. The van der Waals surface area contributed by atoms with Crippen LogP contribution >= 0.6 is 11.3 Å². The van der Waals surface area contributed by atoms with Gasteiger partial charge in [0.2, 0.25) is 5.76 Å². The van der Waals surface area contributed by atoms with Crippen molar-refractivity contribution in [2.75, 3.05) is 11.9 Å². The third-order valence-corrected chi connectivity index (χ3v) is 4.39. The Hall–Kier alpha value is -3.13. The normalized spacial score (nSPS) is 11.0. The lowest BCUT2D eigenvalue weighted by Gasteiger charge is -2.00. The van der Waals surface area contributed by atoms with Gasteiger partial charge in [-0.05, 0) is 38.1 Å². The van der Waals surface area contributed by atoms with Gasteiger partial charge in [0.1, 0.15) is 17.0 Å². The lowest BCUT2D eigenvalue weighted by atomic mass is 10.2. The van der Waals surface area contributed by atoms with Crippen molar-refractivity contribution < 1.29 is 18.5 Å². The lowest BCUT2D eigenvalue weighted by Crippen LogP contribution is -2.10. The molecule has 132 valence electrons. The third kappa shape index (κ3) is 3.18. The average Bonchev–Trinajstić information content (AvgIpc) is 3.33. The molecule has 0 fully saturated rings. The minimum atomic E-state index is -0.391. The number of furan rings is 1. The largest absolute Gasteiger partial charge is 0.494 e. The van der Waals surface area contributed by atoms with E-state index in [0.717, 1.165) is 16.7 Å². The van der Waals surface area contributed by atoms with E-state index in [9.17, 15) is 4.79 Å². The zero-order valence-electron chi connectivity index (χ0n) is 14.1. The zero-order valence-corrected chi connectivity index (χ0v) is 14.9. The molecule has 1 aromatic carbocycles. The molecule has 4 rings (SSSR count). The van der Waals surface area contributed by atoms with Crippen LogP contribution in [0.3, 0.4) is 0 Å². The molecule has 26 heavy (non-hydrogen) atoms. The predicted octanol–water partition coefficient (Wildman–Crippen LogP) is 4.50. The minimum Gasteiger partial charge on any atom is -0.494 e. The second kappa shape index (κ2) is 6.64. The Labute approximate surface area is 152 Å². The molecule has 0 aliphatic rings. The van der Waals surface area contributed by atoms with Gasteiger partial charge < -0.3 is 13.7 Å². The summed E-state index contributed by atoms with van der Waals surface area (Å²) in [6.45, 7) is 4.30. The van der Waals surface area contributed by atoms with Gasteiger partial charge in [0.15, 0.2) is 10.9 Å². The number of hydrogen-bond acceptors (Lipinski definition) is 7. The number of nitrogens with one attached hydrogen (secondary N) is 1. The number of carbonyl (C=O) groups excluding carboxylic acids is 1. The van der Waals surface area contributed by atoms with E-state index in [1.54, 1.807) is 13.0 Å². The smallest absolute Gasteiger partial charge is 0.296 e. The average molecular weight is 369 g/mol. The first kappa shape index (κ1) is 16.3. The molecule has 4 aromatic rings. The zero-order chi connectivity index (χ0) is 18.1. The molecule has 3 heterocycles. The summed E-state index contributed by atoms with van der Waals surface area (Å²) in [7, 11) is 0. The Morgan fingerprint density at radius 3 is 2.96 bits per heavy atom. The second-order valence-electron chi connectivity index (χ2n) is 5.57. The molecular weight excluding hydrogens is 354 g/mol. The number of benzene rings is 1. The summed E-state index contributed by atoms with van der Waals surface area (Å²) in [5.41, 5.74) is 2.04. The minimum absolute atomic E-state index is 0.145. The summed E-state index contributed by atoms with van der Waals surface area (Å²) in [6.07, 6.45) is 0. The Bertz CT molecular complexity index is 1080. The molecule has 0 atom stereocenters. The summed E-state index contributed by atoms with van der Waals surface area (Å²) in [4.78, 5) is 16.5. The van der Waals surface area contributed by atoms with Gasteiger partial charge >= 0.3 is 0 Å². The number of thiazole rings is 1. The number of hydrogen-bond donors (Lipinski definition) is 1. The Kier molecular flexibility index (Phi) is 4.18. The van der Waals surface area contributed by atoms with Crippen molar-refractivity contribution in [3.63, 3.8) is 0 Å². The number of aromatic nitrogens is 2. The van der Waals surface area contributed by atoms with Gasteiger partial charge in [-0.15, -0.1) is 11.3 Å². The molecule has 1 N–H and O–H groups in total. The summed E-state index contributed by atoms with van der Waals surface area (Å²) in [5.74, 6) is 1.17. The number of carbonyl (C=O) groups is 1. The van der Waals surface area contributed by atoms with Crippen LogP contribution in [0.15, 0.2) is 44.7 Å². The highest BCUT2D eigenvalue weighted by Crippen LogP contribution is 2.32. The van der Waals surface area contributed by atoms with Crippen LogP contribution in [0.25, 0.3) is 22.4 Å². The maximum absolute atomic E-state index is 12.1. The quantitative estimate of drug-likeness (QED) is 0.557. The Morgan fingerprint density at radius 2 is 2.19 bits per heavy atom. The summed E-state index contributed by atoms with van der Waals surface area (Å²) in [5, 5.41) is 9.60. The maximum atomic E-state index is 12.1. The molecule has 7 nitrogen and oxygen atoms in total. The first-order chi connectivity index (χ1) is 12.6. The highest BCUT2D eigenvalue weighted by molar-refractivity contribution is 7.14. The number of amides is 1. The Balaban J connectivity index is 1.55. The summed E-state index contributed by atoms with van der Waals surface area (Å²) in [6, 6.07) is 9.13. The topological polar surface area (TPSA) is 90.4 Å². The van der Waals surface area contributed by atoms with E-state index in [0.29, 0.717) is 28.9 Å². The maximum Gasteiger partial charge on any atom is 0.296 e. The number of aryl methyl sites for hydroxylation is 1. The SMILES string of the molecule is CCOc1ccc2oc(-c3csc(NC(=O)c4cc(C)no4)n3)cc2c1. The van der Waals surface area contributed by atoms with Crippen LogP contribution < -0.4 is 10.1 Å². The van der Waals surface area contributed by atoms with Crippen molar-refractivity contribution in [3.05, 3.63) is 47.2 Å². The molecule has 0 bridgehead atoms. The van der Waals surface area contributed by atoms with Crippen molar-refractivity contribution in [1.29, 1.82) is 0 Å². The van der Waals surface area contributed by atoms with Gasteiger partial charge in [0, 0.05) is 16.8 Å². The van der Waals surface area contributed by atoms with Crippen molar-refractivity contribution >= 4 is 33.3 Å². The van der Waals surface area contributed by atoms with E-state index >= 15 is 0 Å². The lowest BCUT2D eigenvalue weighted by molar-refractivity contribution is 0.0988. The van der Waals surface area contributed by atoms with E-state index in [-0.39, 0.29) is 5.76 Å². The van der Waals surface area contributed by atoms with Crippen LogP contribution in [0.2, 0.25) is 0 Å². The van der Waals surface area contributed by atoms with Gasteiger partial charge in [-0.3, -0.25) is 10.1 Å². The Morgan fingerprint density at radius 1 is 1.31 bits per heavy atom. The summed E-state index contributed by atoms with van der Waals surface area (Å²) < 4.78 is 16.3. The van der Waals surface area contributed by atoms with Crippen LogP contribution in [0, 0.1) is 6.92 Å².